The number of nitrogens with zero attached hydrogens (tertiary/aromatic N) is 3. The Bertz CT molecular complexity index is 1070. The van der Waals surface area contributed by atoms with Crippen LogP contribution in [0.5, 0.6) is 0 Å². The summed E-state index contributed by atoms with van der Waals surface area (Å²) in [6.45, 7) is 4.63. The van der Waals surface area contributed by atoms with E-state index >= 15 is 0 Å². The lowest BCUT2D eigenvalue weighted by Gasteiger charge is -2.36. The van der Waals surface area contributed by atoms with Crippen LogP contribution in [-0.2, 0) is 17.5 Å². The Morgan fingerprint density at radius 1 is 0.972 bits per heavy atom. The van der Waals surface area contributed by atoms with Gasteiger partial charge in [-0.3, -0.25) is 9.29 Å². The minimum atomic E-state index is -4.39. The third-order valence-electron chi connectivity index (χ3n) is 7.70. The van der Waals surface area contributed by atoms with Crippen LogP contribution in [0.4, 0.5) is 28.0 Å². The van der Waals surface area contributed by atoms with Gasteiger partial charge >= 0.3 is 12.3 Å². The molecule has 3 aliphatic rings. The predicted molar refractivity (Wildman–Crippen MR) is 129 cm³/mol. The molecule has 5 nitrogen and oxygen atoms in total. The van der Waals surface area contributed by atoms with Crippen molar-refractivity contribution < 1.29 is 27.1 Å². The van der Waals surface area contributed by atoms with Gasteiger partial charge in [-0.15, -0.1) is 0 Å². The summed E-state index contributed by atoms with van der Waals surface area (Å²) in [7, 11) is 0. The number of rotatable bonds is 6. The van der Waals surface area contributed by atoms with Gasteiger partial charge in [-0.05, 0) is 66.1 Å². The third kappa shape index (κ3) is 5.16. The maximum atomic E-state index is 13.0. The summed E-state index contributed by atoms with van der Waals surface area (Å²) < 4.78 is 56.4. The fourth-order valence-electron chi connectivity index (χ4n) is 5.71. The molecule has 0 unspecified atom stereocenters. The monoisotopic (exact) mass is 505 g/mol. The van der Waals surface area contributed by atoms with Gasteiger partial charge in [0.1, 0.15) is 6.61 Å². The fraction of sp³-hybridized carbons (Fsp3) is 0.519. The van der Waals surface area contributed by atoms with Crippen molar-refractivity contribution in [3.05, 3.63) is 64.7 Å². The smallest absolute Gasteiger partial charge is 0.416 e. The van der Waals surface area contributed by atoms with Gasteiger partial charge in [0.25, 0.3) is 0 Å². The molecule has 1 amide bonds. The molecule has 0 N–H and O–H groups in total. The molecule has 5 rings (SSSR count). The molecular formula is C27H31F4N3O2. The van der Waals surface area contributed by atoms with E-state index in [1.165, 1.54) is 23.3 Å². The lowest BCUT2D eigenvalue weighted by molar-refractivity contribution is -0.137. The predicted octanol–water partition coefficient (Wildman–Crippen LogP) is 5.76. The van der Waals surface area contributed by atoms with E-state index in [1.807, 2.05) is 0 Å². The molecule has 2 bridgehead atoms. The topological polar surface area (TPSA) is 36.0 Å². The van der Waals surface area contributed by atoms with Crippen molar-refractivity contribution in [3.63, 3.8) is 0 Å². The number of amides is 1. The summed E-state index contributed by atoms with van der Waals surface area (Å²) in [6, 6.07) is 11.2. The SMILES string of the molecule is O=C(OCc1ccc(C(F)(F)F)cc1)N1CC[C@@H]2C[C@H]1c1cc(N3CCN(CCCF)CC3)ccc12. The number of hydrogen-bond donors (Lipinski definition) is 0. The van der Waals surface area contributed by atoms with Crippen molar-refractivity contribution in [1.29, 1.82) is 0 Å². The number of halogens is 4. The first-order valence-electron chi connectivity index (χ1n) is 12.6. The standard InChI is InChI=1S/C27H31F4N3O2/c28-9-1-10-32-12-14-33(15-13-32)22-6-7-23-20-8-11-34(25(16-20)24(23)17-22)26(35)36-18-19-2-4-21(5-3-19)27(29,30)31/h2-7,17,20,25H,1,8-16,18H2/t20-,25+/m1/s1. The second-order valence-corrected chi connectivity index (χ2v) is 9.86. The molecule has 0 saturated carbocycles. The van der Waals surface area contributed by atoms with E-state index in [9.17, 15) is 22.4 Å². The number of fused-ring (bicyclic) bond motifs is 5. The van der Waals surface area contributed by atoms with Crippen molar-refractivity contribution in [2.75, 3.05) is 50.8 Å². The number of alkyl halides is 4. The molecule has 2 fully saturated rings. The van der Waals surface area contributed by atoms with Gasteiger partial charge in [0, 0.05) is 45.0 Å². The van der Waals surface area contributed by atoms with E-state index in [4.69, 9.17) is 4.74 Å². The zero-order chi connectivity index (χ0) is 25.3. The highest BCUT2D eigenvalue weighted by molar-refractivity contribution is 5.70. The number of piperazine rings is 1. The van der Waals surface area contributed by atoms with Gasteiger partial charge in [0.2, 0.25) is 0 Å². The van der Waals surface area contributed by atoms with Gasteiger partial charge in [-0.1, -0.05) is 18.2 Å². The molecule has 2 saturated heterocycles. The number of ether oxygens (including phenoxy) is 1. The molecule has 1 aliphatic carbocycles. The number of carbonyl (C=O) groups is 1. The van der Waals surface area contributed by atoms with E-state index in [-0.39, 0.29) is 19.3 Å². The average Bonchev–Trinajstić information content (AvgIpc) is 3.17. The largest absolute Gasteiger partial charge is 0.445 e. The Hall–Kier alpha value is -2.81. The normalized spacial score (nSPS) is 22.0. The Morgan fingerprint density at radius 2 is 1.72 bits per heavy atom. The molecule has 0 aromatic heterocycles. The highest BCUT2D eigenvalue weighted by atomic mass is 19.4. The summed E-state index contributed by atoms with van der Waals surface area (Å²) in [4.78, 5) is 19.4. The van der Waals surface area contributed by atoms with Gasteiger partial charge in [0.15, 0.2) is 0 Å². The van der Waals surface area contributed by atoms with E-state index in [0.29, 0.717) is 24.4 Å². The quantitative estimate of drug-likeness (QED) is 0.468. The van der Waals surface area contributed by atoms with Crippen LogP contribution in [0.25, 0.3) is 0 Å². The Labute approximate surface area is 208 Å². The second-order valence-electron chi connectivity index (χ2n) is 9.86. The van der Waals surface area contributed by atoms with Crippen LogP contribution in [0.15, 0.2) is 42.5 Å². The lowest BCUT2D eigenvalue weighted by atomic mass is 9.96. The average molecular weight is 506 g/mol. The van der Waals surface area contributed by atoms with Crippen molar-refractivity contribution in [2.45, 2.75) is 44.0 Å². The Morgan fingerprint density at radius 3 is 2.42 bits per heavy atom. The van der Waals surface area contributed by atoms with Crippen LogP contribution in [-0.4, -0.2) is 61.8 Å². The van der Waals surface area contributed by atoms with Crippen LogP contribution in [0.1, 0.15) is 53.5 Å². The zero-order valence-electron chi connectivity index (χ0n) is 20.1. The summed E-state index contributed by atoms with van der Waals surface area (Å²) in [5.41, 5.74) is 3.40. The van der Waals surface area contributed by atoms with Gasteiger partial charge in [-0.2, -0.15) is 13.2 Å². The first-order valence-corrected chi connectivity index (χ1v) is 12.6. The molecule has 0 spiro atoms. The van der Waals surface area contributed by atoms with E-state index in [0.717, 1.165) is 63.4 Å². The van der Waals surface area contributed by atoms with Crippen LogP contribution < -0.4 is 4.90 Å². The van der Waals surface area contributed by atoms with Crippen LogP contribution >= 0.6 is 0 Å². The van der Waals surface area contributed by atoms with Gasteiger partial charge < -0.3 is 14.5 Å². The zero-order valence-corrected chi connectivity index (χ0v) is 20.1. The van der Waals surface area contributed by atoms with Crippen LogP contribution in [0.3, 0.4) is 0 Å². The molecule has 2 aromatic rings. The number of piperidine rings is 1. The Balaban J connectivity index is 1.23. The van der Waals surface area contributed by atoms with E-state index in [2.05, 4.69) is 28.0 Å². The van der Waals surface area contributed by atoms with E-state index < -0.39 is 17.8 Å². The second kappa shape index (κ2) is 10.3. The lowest BCUT2D eigenvalue weighted by Crippen LogP contribution is -2.46. The summed E-state index contributed by atoms with van der Waals surface area (Å²) in [6.07, 6.45) is -2.52. The molecule has 2 heterocycles. The van der Waals surface area contributed by atoms with Gasteiger partial charge in [0.05, 0.1) is 18.3 Å². The number of benzene rings is 2. The third-order valence-corrected chi connectivity index (χ3v) is 7.70. The van der Waals surface area contributed by atoms with Crippen molar-refractivity contribution in [1.82, 2.24) is 9.80 Å². The molecule has 36 heavy (non-hydrogen) atoms. The summed E-state index contributed by atoms with van der Waals surface area (Å²) in [5, 5.41) is 0. The number of likely N-dealkylation sites (tertiary alicyclic amines) is 1. The highest BCUT2D eigenvalue weighted by Crippen LogP contribution is 2.50. The molecule has 2 aliphatic heterocycles. The summed E-state index contributed by atoms with van der Waals surface area (Å²) in [5.74, 6) is 0.426. The van der Waals surface area contributed by atoms with Crippen LogP contribution in [0.2, 0.25) is 0 Å². The minimum Gasteiger partial charge on any atom is -0.445 e. The number of carbonyl (C=O) groups excluding carboxylic acids is 1. The van der Waals surface area contributed by atoms with E-state index in [1.54, 1.807) is 4.90 Å². The Kier molecular flexibility index (Phi) is 7.10. The highest BCUT2D eigenvalue weighted by Gasteiger charge is 2.41. The number of hydrogen-bond acceptors (Lipinski definition) is 4. The molecular weight excluding hydrogens is 474 g/mol. The maximum Gasteiger partial charge on any atom is 0.416 e. The minimum absolute atomic E-state index is 0.0513. The molecule has 9 heteroatoms. The van der Waals surface area contributed by atoms with Crippen molar-refractivity contribution in [3.8, 4) is 0 Å². The maximum absolute atomic E-state index is 13.0. The van der Waals surface area contributed by atoms with Gasteiger partial charge in [-0.25, -0.2) is 4.79 Å². The number of anilines is 1. The van der Waals surface area contributed by atoms with Crippen molar-refractivity contribution >= 4 is 11.8 Å². The molecule has 2 aromatic carbocycles. The molecule has 2 atom stereocenters. The van der Waals surface area contributed by atoms with Crippen molar-refractivity contribution in [2.24, 2.45) is 0 Å². The summed E-state index contributed by atoms with van der Waals surface area (Å²) >= 11 is 0. The molecule has 0 radical (unpaired) electrons. The molecule has 194 valence electrons. The fourth-order valence-corrected chi connectivity index (χ4v) is 5.71. The first kappa shape index (κ1) is 24.9. The first-order chi connectivity index (χ1) is 17.3. The van der Waals surface area contributed by atoms with Crippen LogP contribution in [0, 0.1) is 0 Å².